The summed E-state index contributed by atoms with van der Waals surface area (Å²) in [6, 6.07) is 4.36. The average molecular weight is 425 g/mol. The monoisotopic (exact) mass is 424 g/mol. The molecule has 2 fully saturated rings. The Bertz CT molecular complexity index is 824. The number of aryl methyl sites for hydroxylation is 1. The van der Waals surface area contributed by atoms with E-state index in [0.29, 0.717) is 37.6 Å². The van der Waals surface area contributed by atoms with Crippen molar-refractivity contribution in [3.63, 3.8) is 0 Å². The minimum Gasteiger partial charge on any atom is -0.489 e. The molecule has 162 valence electrons. The maximum absolute atomic E-state index is 13.4. The van der Waals surface area contributed by atoms with Crippen molar-refractivity contribution in [3.8, 4) is 5.75 Å². The Morgan fingerprint density at radius 3 is 2.76 bits per heavy atom. The number of sulfonamides is 1. The number of rotatable bonds is 7. The van der Waals surface area contributed by atoms with Crippen LogP contribution in [0.5, 0.6) is 5.75 Å². The Labute approximate surface area is 173 Å². The highest BCUT2D eigenvalue weighted by Crippen LogP contribution is 2.36. The van der Waals surface area contributed by atoms with Crippen LogP contribution in [0.3, 0.4) is 0 Å². The van der Waals surface area contributed by atoms with Crippen molar-refractivity contribution in [1.82, 2.24) is 4.31 Å². The van der Waals surface area contributed by atoms with Crippen molar-refractivity contribution in [3.05, 3.63) is 23.8 Å². The van der Waals surface area contributed by atoms with Crippen LogP contribution in [0.1, 0.15) is 50.5 Å². The lowest BCUT2D eigenvalue weighted by molar-refractivity contribution is -0.144. The number of nitrogens with zero attached hydrogens (tertiary/aromatic N) is 1. The van der Waals surface area contributed by atoms with Gasteiger partial charge in [0.15, 0.2) is 0 Å². The first kappa shape index (κ1) is 22.1. The molecule has 8 heteroatoms. The van der Waals surface area contributed by atoms with Gasteiger partial charge in [-0.25, -0.2) is 8.42 Å². The second-order valence-corrected chi connectivity index (χ2v) is 9.96. The molecule has 1 aliphatic carbocycles. The van der Waals surface area contributed by atoms with E-state index in [4.69, 9.17) is 15.2 Å². The lowest BCUT2D eigenvalue weighted by atomic mass is 9.85. The summed E-state index contributed by atoms with van der Waals surface area (Å²) in [4.78, 5) is 12.2. The number of nitrogens with two attached hydrogens (primary N) is 1. The molecule has 7 nitrogen and oxygen atoms in total. The number of carbonyl (C=O) groups excluding carboxylic acids is 1. The summed E-state index contributed by atoms with van der Waals surface area (Å²) in [5, 5.41) is 0. The second kappa shape index (κ2) is 9.45. The van der Waals surface area contributed by atoms with Gasteiger partial charge in [-0.15, -0.1) is 0 Å². The van der Waals surface area contributed by atoms with Gasteiger partial charge in [0.25, 0.3) is 0 Å². The van der Waals surface area contributed by atoms with E-state index >= 15 is 0 Å². The summed E-state index contributed by atoms with van der Waals surface area (Å²) in [5.41, 5.74) is 6.64. The molecule has 3 atom stereocenters. The van der Waals surface area contributed by atoms with Crippen molar-refractivity contribution in [1.29, 1.82) is 0 Å². The molecule has 0 aromatic heterocycles. The van der Waals surface area contributed by atoms with E-state index in [0.717, 1.165) is 37.7 Å². The quantitative estimate of drug-likeness (QED) is 0.676. The van der Waals surface area contributed by atoms with Crippen LogP contribution in [0.2, 0.25) is 0 Å². The van der Waals surface area contributed by atoms with Crippen LogP contribution in [0.15, 0.2) is 23.1 Å². The van der Waals surface area contributed by atoms with Gasteiger partial charge in [-0.2, -0.15) is 4.31 Å². The second-order valence-electron chi connectivity index (χ2n) is 8.10. The molecule has 2 aliphatic rings. The Balaban J connectivity index is 1.87. The molecule has 1 aromatic rings. The molecule has 2 N–H and O–H groups in total. The third-order valence-corrected chi connectivity index (χ3v) is 7.91. The molecule has 29 heavy (non-hydrogen) atoms. The minimum atomic E-state index is -3.88. The number of ether oxygens (including phenoxy) is 2. The molecule has 1 aromatic carbocycles. The van der Waals surface area contributed by atoms with Gasteiger partial charge in [0.1, 0.15) is 16.7 Å². The van der Waals surface area contributed by atoms with Gasteiger partial charge in [0, 0.05) is 6.54 Å². The third kappa shape index (κ3) is 4.92. The van der Waals surface area contributed by atoms with E-state index in [1.807, 2.05) is 6.92 Å². The van der Waals surface area contributed by atoms with Crippen LogP contribution in [-0.2, 0) is 19.6 Å². The van der Waals surface area contributed by atoms with Gasteiger partial charge >= 0.3 is 5.97 Å². The van der Waals surface area contributed by atoms with E-state index in [-0.39, 0.29) is 11.0 Å². The number of benzene rings is 1. The lowest BCUT2D eigenvalue weighted by Gasteiger charge is -2.30. The van der Waals surface area contributed by atoms with Gasteiger partial charge in [-0.05, 0) is 75.6 Å². The molecule has 1 saturated heterocycles. The van der Waals surface area contributed by atoms with Crippen LogP contribution in [-0.4, -0.2) is 51.0 Å². The topological polar surface area (TPSA) is 98.9 Å². The minimum absolute atomic E-state index is 0.0222. The Morgan fingerprint density at radius 2 is 2.03 bits per heavy atom. The zero-order chi connectivity index (χ0) is 21.0. The zero-order valence-electron chi connectivity index (χ0n) is 17.3. The molecule has 0 unspecified atom stereocenters. The Kier molecular flexibility index (Phi) is 7.19. The molecule has 1 aliphatic heterocycles. The Hall–Kier alpha value is -1.64. The molecule has 3 rings (SSSR count). The third-order valence-electron chi connectivity index (χ3n) is 5.97. The lowest BCUT2D eigenvalue weighted by Crippen LogP contribution is -2.41. The van der Waals surface area contributed by atoms with Crippen molar-refractivity contribution in [2.24, 2.45) is 11.7 Å². The predicted octanol–water partition coefficient (Wildman–Crippen LogP) is 2.61. The fourth-order valence-electron chi connectivity index (χ4n) is 4.47. The number of methoxy groups -OCH3 is 1. The molecule has 1 saturated carbocycles. The molecular formula is C21H32N2O5S. The maximum Gasteiger partial charge on any atom is 0.324 e. The van der Waals surface area contributed by atoms with Crippen LogP contribution in [0, 0.1) is 12.8 Å². The molecule has 0 spiro atoms. The van der Waals surface area contributed by atoms with Crippen LogP contribution in [0.4, 0.5) is 0 Å². The van der Waals surface area contributed by atoms with E-state index in [1.165, 1.54) is 11.4 Å². The molecule has 0 bridgehead atoms. The van der Waals surface area contributed by atoms with Crippen molar-refractivity contribution in [2.75, 3.05) is 20.2 Å². The first-order chi connectivity index (χ1) is 13.9. The highest BCUT2D eigenvalue weighted by molar-refractivity contribution is 7.89. The van der Waals surface area contributed by atoms with Gasteiger partial charge in [-0.1, -0.05) is 12.5 Å². The fraction of sp³-hybridized carbons (Fsp3) is 0.667. The average Bonchev–Trinajstić information content (AvgIpc) is 3.19. The largest absolute Gasteiger partial charge is 0.489 e. The fourth-order valence-corrected chi connectivity index (χ4v) is 6.22. The normalized spacial score (nSPS) is 25.7. The van der Waals surface area contributed by atoms with Crippen molar-refractivity contribution < 1.29 is 22.7 Å². The van der Waals surface area contributed by atoms with Crippen molar-refractivity contribution in [2.45, 2.75) is 68.9 Å². The summed E-state index contributed by atoms with van der Waals surface area (Å²) >= 11 is 0. The summed E-state index contributed by atoms with van der Waals surface area (Å²) in [6.07, 6.45) is 6.04. The standard InChI is InChI=1S/C21H32N2O5S/c1-15-8-9-20(29(25,26)23-12-4-7-18(23)21(24)27-2)19(13-15)28-17-6-3-5-16(14-17)10-11-22/h8-9,13,16-18H,3-7,10-12,14,22H2,1-2H3/t16-,17+,18-/m0/s1. The van der Waals surface area contributed by atoms with Gasteiger partial charge in [0.2, 0.25) is 10.0 Å². The van der Waals surface area contributed by atoms with Crippen LogP contribution in [0.25, 0.3) is 0 Å². The number of esters is 1. The smallest absolute Gasteiger partial charge is 0.324 e. The Morgan fingerprint density at radius 1 is 1.24 bits per heavy atom. The summed E-state index contributed by atoms with van der Waals surface area (Å²) < 4.78 is 39.2. The van der Waals surface area contributed by atoms with Gasteiger partial charge < -0.3 is 15.2 Å². The van der Waals surface area contributed by atoms with E-state index in [9.17, 15) is 13.2 Å². The van der Waals surface area contributed by atoms with Crippen LogP contribution >= 0.6 is 0 Å². The van der Waals surface area contributed by atoms with E-state index < -0.39 is 22.0 Å². The van der Waals surface area contributed by atoms with Crippen molar-refractivity contribution >= 4 is 16.0 Å². The summed E-state index contributed by atoms with van der Waals surface area (Å²) in [7, 11) is -2.59. The summed E-state index contributed by atoms with van der Waals surface area (Å²) in [6.45, 7) is 2.87. The molecule has 1 heterocycles. The highest BCUT2D eigenvalue weighted by Gasteiger charge is 2.41. The number of carbonyl (C=O) groups is 1. The molecular weight excluding hydrogens is 392 g/mol. The van der Waals surface area contributed by atoms with Crippen LogP contribution < -0.4 is 10.5 Å². The first-order valence-corrected chi connectivity index (χ1v) is 11.9. The van der Waals surface area contributed by atoms with E-state index in [2.05, 4.69) is 0 Å². The maximum atomic E-state index is 13.4. The zero-order valence-corrected chi connectivity index (χ0v) is 18.1. The molecule has 0 amide bonds. The predicted molar refractivity (Wildman–Crippen MR) is 110 cm³/mol. The molecule has 0 radical (unpaired) electrons. The van der Waals surface area contributed by atoms with Gasteiger partial charge in [-0.3, -0.25) is 4.79 Å². The first-order valence-electron chi connectivity index (χ1n) is 10.4. The number of hydrogen-bond donors (Lipinski definition) is 1. The highest BCUT2D eigenvalue weighted by atomic mass is 32.2. The number of hydrogen-bond acceptors (Lipinski definition) is 6. The van der Waals surface area contributed by atoms with Gasteiger partial charge in [0.05, 0.1) is 13.2 Å². The SMILES string of the molecule is COC(=O)[C@@H]1CCCN1S(=O)(=O)c1ccc(C)cc1O[C@@H]1CCC[C@@H](CCN)C1. The van der Waals surface area contributed by atoms with E-state index in [1.54, 1.807) is 18.2 Å². The summed E-state index contributed by atoms with van der Waals surface area (Å²) in [5.74, 6) is 0.377.